The molecule has 0 aliphatic rings. The van der Waals surface area contributed by atoms with Crippen LogP contribution >= 0.6 is 0 Å². The zero-order valence-electron chi connectivity index (χ0n) is 10.9. The summed E-state index contributed by atoms with van der Waals surface area (Å²) in [5.41, 5.74) is 0.0377. The van der Waals surface area contributed by atoms with E-state index in [-0.39, 0.29) is 5.56 Å². The lowest BCUT2D eigenvalue weighted by atomic mass is 10.2. The summed E-state index contributed by atoms with van der Waals surface area (Å²) < 4.78 is 9.00. The van der Waals surface area contributed by atoms with E-state index in [4.69, 9.17) is 10.2 Å². The Hall–Kier alpha value is -2.90. The smallest absolute Gasteiger partial charge is 0.349 e. The van der Waals surface area contributed by atoms with Gasteiger partial charge in [0, 0.05) is 6.92 Å². The lowest BCUT2D eigenvalue weighted by Crippen LogP contribution is -2.45. The Kier molecular flexibility index (Phi) is 5.41. The predicted molar refractivity (Wildman–Crippen MR) is 66.5 cm³/mol. The molecule has 1 rings (SSSR count). The highest BCUT2D eigenvalue weighted by Crippen LogP contribution is 2.10. The summed E-state index contributed by atoms with van der Waals surface area (Å²) in [5.74, 6) is -5.53. The van der Waals surface area contributed by atoms with Crippen LogP contribution in [0.5, 0.6) is 0 Å². The van der Waals surface area contributed by atoms with Crippen LogP contribution < -0.4 is 0 Å². The molecule has 2 N–H and O–H groups in total. The first-order valence-electron chi connectivity index (χ1n) is 5.71. The highest BCUT2D eigenvalue weighted by Gasteiger charge is 2.40. The van der Waals surface area contributed by atoms with Gasteiger partial charge in [-0.1, -0.05) is 18.2 Å². The quantitative estimate of drug-likeness (QED) is 0.718. The van der Waals surface area contributed by atoms with Crippen LogP contribution in [0.4, 0.5) is 0 Å². The Labute approximate surface area is 118 Å². The van der Waals surface area contributed by atoms with Crippen molar-refractivity contribution in [1.82, 2.24) is 0 Å². The fraction of sp³-hybridized carbons (Fsp3) is 0.231. The number of benzene rings is 1. The van der Waals surface area contributed by atoms with Crippen LogP contribution in [-0.4, -0.2) is 46.3 Å². The first-order chi connectivity index (χ1) is 9.82. The number of rotatable bonds is 6. The Morgan fingerprint density at radius 1 is 0.905 bits per heavy atom. The molecule has 0 bridgehead atoms. The van der Waals surface area contributed by atoms with Crippen molar-refractivity contribution in [2.75, 3.05) is 0 Å². The molecule has 2 atom stereocenters. The average molecular weight is 296 g/mol. The van der Waals surface area contributed by atoms with Gasteiger partial charge in [0.05, 0.1) is 5.56 Å². The molecule has 1 aromatic carbocycles. The largest absolute Gasteiger partial charge is 0.478 e. The van der Waals surface area contributed by atoms with Crippen molar-refractivity contribution in [2.45, 2.75) is 19.1 Å². The summed E-state index contributed by atoms with van der Waals surface area (Å²) in [5, 5.41) is 17.9. The van der Waals surface area contributed by atoms with E-state index in [9.17, 15) is 19.2 Å². The second kappa shape index (κ2) is 7.04. The fourth-order valence-corrected chi connectivity index (χ4v) is 1.42. The van der Waals surface area contributed by atoms with Crippen molar-refractivity contribution in [1.29, 1.82) is 0 Å². The molecule has 21 heavy (non-hydrogen) atoms. The SMILES string of the molecule is CC(=O)O[C@H](C(=O)O)[C@H](OC(=O)c1ccccc1)C(=O)O. The molecular formula is C13H12O8. The number of carbonyl (C=O) groups excluding carboxylic acids is 2. The van der Waals surface area contributed by atoms with Crippen LogP contribution in [0.15, 0.2) is 30.3 Å². The zero-order chi connectivity index (χ0) is 16.0. The van der Waals surface area contributed by atoms with E-state index in [1.807, 2.05) is 0 Å². The average Bonchev–Trinajstić information content (AvgIpc) is 2.42. The van der Waals surface area contributed by atoms with Crippen molar-refractivity contribution >= 4 is 23.9 Å². The van der Waals surface area contributed by atoms with Gasteiger partial charge in [-0.25, -0.2) is 14.4 Å². The molecule has 0 aromatic heterocycles. The Morgan fingerprint density at radius 2 is 1.38 bits per heavy atom. The minimum Gasteiger partial charge on any atom is -0.478 e. The maximum absolute atomic E-state index is 11.8. The highest BCUT2D eigenvalue weighted by atomic mass is 16.6. The molecule has 8 nitrogen and oxygen atoms in total. The molecule has 0 aliphatic carbocycles. The van der Waals surface area contributed by atoms with E-state index in [1.165, 1.54) is 24.3 Å². The molecule has 0 radical (unpaired) electrons. The van der Waals surface area contributed by atoms with Crippen LogP contribution in [0.25, 0.3) is 0 Å². The minimum absolute atomic E-state index is 0.0377. The number of hydrogen-bond acceptors (Lipinski definition) is 6. The number of esters is 2. The first kappa shape index (κ1) is 16.2. The number of carboxylic acid groups (broad SMARTS) is 2. The molecule has 0 fully saturated rings. The van der Waals surface area contributed by atoms with Crippen LogP contribution in [0.3, 0.4) is 0 Å². The minimum atomic E-state index is -2.15. The van der Waals surface area contributed by atoms with Crippen molar-refractivity contribution in [3.05, 3.63) is 35.9 Å². The molecule has 1 aromatic rings. The molecule has 0 aliphatic heterocycles. The summed E-state index contributed by atoms with van der Waals surface area (Å²) in [7, 11) is 0. The summed E-state index contributed by atoms with van der Waals surface area (Å²) >= 11 is 0. The number of carbonyl (C=O) groups is 4. The summed E-state index contributed by atoms with van der Waals surface area (Å²) in [6, 6.07) is 7.40. The molecule has 8 heteroatoms. The van der Waals surface area contributed by atoms with Gasteiger partial charge in [0.15, 0.2) is 0 Å². The standard InChI is InChI=1S/C13H12O8/c1-7(14)20-9(11(15)16)10(12(17)18)21-13(19)8-5-3-2-4-6-8/h2-6,9-10H,1H3,(H,15,16)(H,17,18)/t9-,10-/m0/s1. The number of hydrogen-bond donors (Lipinski definition) is 2. The van der Waals surface area contributed by atoms with Crippen LogP contribution in [-0.2, 0) is 23.9 Å². The van der Waals surface area contributed by atoms with Gasteiger partial charge in [0.25, 0.3) is 0 Å². The first-order valence-corrected chi connectivity index (χ1v) is 5.71. The molecular weight excluding hydrogens is 284 g/mol. The maximum Gasteiger partial charge on any atom is 0.349 e. The molecule has 112 valence electrons. The van der Waals surface area contributed by atoms with Gasteiger partial charge in [-0.3, -0.25) is 4.79 Å². The Morgan fingerprint density at radius 3 is 1.81 bits per heavy atom. The van der Waals surface area contributed by atoms with Gasteiger partial charge in [-0.2, -0.15) is 0 Å². The van der Waals surface area contributed by atoms with E-state index >= 15 is 0 Å². The third-order valence-electron chi connectivity index (χ3n) is 2.30. The predicted octanol–water partition coefficient (Wildman–Crippen LogP) is 0.313. The third-order valence-corrected chi connectivity index (χ3v) is 2.30. The van der Waals surface area contributed by atoms with Crippen LogP contribution in [0.1, 0.15) is 17.3 Å². The van der Waals surface area contributed by atoms with E-state index in [0.717, 1.165) is 6.92 Å². The lowest BCUT2D eigenvalue weighted by molar-refractivity contribution is -0.177. The van der Waals surface area contributed by atoms with Crippen molar-refractivity contribution in [3.63, 3.8) is 0 Å². The van der Waals surface area contributed by atoms with Crippen molar-refractivity contribution in [3.8, 4) is 0 Å². The summed E-state index contributed by atoms with van der Waals surface area (Å²) in [6.45, 7) is 0.911. The van der Waals surface area contributed by atoms with Crippen LogP contribution in [0.2, 0.25) is 0 Å². The van der Waals surface area contributed by atoms with Gasteiger partial charge >= 0.3 is 23.9 Å². The topological polar surface area (TPSA) is 127 Å². The molecule has 0 saturated heterocycles. The lowest BCUT2D eigenvalue weighted by Gasteiger charge is -2.20. The van der Waals surface area contributed by atoms with Gasteiger partial charge < -0.3 is 19.7 Å². The van der Waals surface area contributed by atoms with Crippen LogP contribution in [0, 0.1) is 0 Å². The number of aliphatic carboxylic acids is 2. The van der Waals surface area contributed by atoms with Crippen molar-refractivity contribution in [2.24, 2.45) is 0 Å². The molecule has 0 amide bonds. The molecule has 0 spiro atoms. The second-order valence-electron chi connectivity index (χ2n) is 3.90. The van der Waals surface area contributed by atoms with Gasteiger partial charge in [-0.15, -0.1) is 0 Å². The highest BCUT2D eigenvalue weighted by molar-refractivity contribution is 5.93. The Bertz CT molecular complexity index is 551. The molecule has 0 saturated carbocycles. The van der Waals surface area contributed by atoms with E-state index in [1.54, 1.807) is 6.07 Å². The van der Waals surface area contributed by atoms with Crippen molar-refractivity contribution < 1.29 is 38.9 Å². The summed E-state index contributed by atoms with van der Waals surface area (Å²) in [6.07, 6.45) is -4.29. The van der Waals surface area contributed by atoms with E-state index in [0.29, 0.717) is 0 Å². The van der Waals surface area contributed by atoms with E-state index in [2.05, 4.69) is 9.47 Å². The molecule has 0 heterocycles. The Balaban J connectivity index is 2.95. The monoisotopic (exact) mass is 296 g/mol. The second-order valence-corrected chi connectivity index (χ2v) is 3.90. The van der Waals surface area contributed by atoms with E-state index < -0.39 is 36.1 Å². The van der Waals surface area contributed by atoms with Gasteiger partial charge in [0.1, 0.15) is 0 Å². The fourth-order valence-electron chi connectivity index (χ4n) is 1.42. The third kappa shape index (κ3) is 4.60. The number of carboxylic acids is 2. The van der Waals surface area contributed by atoms with Gasteiger partial charge in [-0.05, 0) is 12.1 Å². The normalized spacial score (nSPS) is 12.8. The summed E-state index contributed by atoms with van der Waals surface area (Å²) in [4.78, 5) is 44.6. The maximum atomic E-state index is 11.8. The zero-order valence-corrected chi connectivity index (χ0v) is 10.9. The number of ether oxygens (including phenoxy) is 2. The van der Waals surface area contributed by atoms with Gasteiger partial charge in [0.2, 0.25) is 12.2 Å². The molecule has 0 unspecified atom stereocenters.